The number of fused-ring (bicyclic) bond motifs is 1. The summed E-state index contributed by atoms with van der Waals surface area (Å²) in [5.41, 5.74) is 4.11. The molecule has 5 rings (SSSR count). The third-order valence-electron chi connectivity index (χ3n) is 6.19. The molecule has 9 heteroatoms. The Bertz CT molecular complexity index is 1560. The van der Waals surface area contributed by atoms with Crippen LogP contribution >= 0.6 is 0 Å². The van der Waals surface area contributed by atoms with E-state index in [0.717, 1.165) is 40.7 Å². The van der Waals surface area contributed by atoms with Crippen LogP contribution in [-0.2, 0) is 20.1 Å². The van der Waals surface area contributed by atoms with Crippen molar-refractivity contribution >= 4 is 21.6 Å². The van der Waals surface area contributed by atoms with Crippen molar-refractivity contribution in [3.8, 4) is 22.3 Å². The van der Waals surface area contributed by atoms with Crippen LogP contribution in [0, 0.1) is 0 Å². The summed E-state index contributed by atoms with van der Waals surface area (Å²) in [6, 6.07) is 14.8. The van der Waals surface area contributed by atoms with Crippen molar-refractivity contribution in [1.29, 1.82) is 0 Å². The number of carbonyl (C=O) groups is 1. The quantitative estimate of drug-likeness (QED) is 0.411. The van der Waals surface area contributed by atoms with Crippen LogP contribution in [0.3, 0.4) is 0 Å². The van der Waals surface area contributed by atoms with E-state index in [0.29, 0.717) is 5.65 Å². The second-order valence-corrected chi connectivity index (χ2v) is 12.3. The van der Waals surface area contributed by atoms with Gasteiger partial charge < -0.3 is 10.1 Å². The Morgan fingerprint density at radius 3 is 2.39 bits per heavy atom. The second-order valence-electron chi connectivity index (χ2n) is 10.3. The topological polar surface area (TPSA) is 103 Å². The summed E-state index contributed by atoms with van der Waals surface area (Å²) in [5, 5.41) is 7.47. The Balaban J connectivity index is 1.38. The molecule has 0 bridgehead atoms. The number of nitrogens with zero attached hydrogens (tertiary/aromatic N) is 3. The van der Waals surface area contributed by atoms with E-state index in [1.54, 1.807) is 35.1 Å². The Hall–Kier alpha value is -3.72. The number of amides is 1. The molecule has 0 aliphatic heterocycles. The molecule has 1 aliphatic carbocycles. The van der Waals surface area contributed by atoms with E-state index in [4.69, 9.17) is 4.74 Å². The number of sulfone groups is 1. The van der Waals surface area contributed by atoms with Crippen LogP contribution in [0.2, 0.25) is 0 Å². The first-order valence-electron chi connectivity index (χ1n) is 11.7. The van der Waals surface area contributed by atoms with Crippen LogP contribution < -0.4 is 5.32 Å². The number of aromatic nitrogens is 3. The van der Waals surface area contributed by atoms with Crippen LogP contribution in [0.15, 0.2) is 72.0 Å². The molecule has 0 spiro atoms. The van der Waals surface area contributed by atoms with E-state index in [-0.39, 0.29) is 10.4 Å². The van der Waals surface area contributed by atoms with Crippen LogP contribution in [0.5, 0.6) is 0 Å². The van der Waals surface area contributed by atoms with Crippen molar-refractivity contribution in [2.45, 2.75) is 49.6 Å². The second kappa shape index (κ2) is 8.44. The average molecular weight is 505 g/mol. The third kappa shape index (κ3) is 4.83. The zero-order chi connectivity index (χ0) is 25.7. The minimum atomic E-state index is -3.31. The number of hydrogen-bond acceptors (Lipinski definition) is 6. The first-order chi connectivity index (χ1) is 16.9. The molecule has 2 aromatic carbocycles. The van der Waals surface area contributed by atoms with Gasteiger partial charge in [-0.25, -0.2) is 22.7 Å². The number of alkyl carbamates (subject to hydrolysis) is 1. The van der Waals surface area contributed by atoms with Crippen LogP contribution in [0.4, 0.5) is 4.79 Å². The zero-order valence-electron chi connectivity index (χ0n) is 20.6. The van der Waals surface area contributed by atoms with E-state index in [2.05, 4.69) is 15.4 Å². The summed E-state index contributed by atoms with van der Waals surface area (Å²) in [5.74, 6) is 0. The maximum Gasteiger partial charge on any atom is 0.408 e. The number of nitrogens with one attached hydrogen (secondary N) is 1. The van der Waals surface area contributed by atoms with Gasteiger partial charge in [-0.1, -0.05) is 36.4 Å². The molecule has 1 saturated carbocycles. The van der Waals surface area contributed by atoms with Crippen molar-refractivity contribution in [3.05, 3.63) is 72.7 Å². The highest BCUT2D eigenvalue weighted by molar-refractivity contribution is 7.90. The monoisotopic (exact) mass is 504 g/mol. The van der Waals surface area contributed by atoms with Crippen molar-refractivity contribution in [3.63, 3.8) is 0 Å². The van der Waals surface area contributed by atoms with Crippen molar-refractivity contribution in [2.24, 2.45) is 0 Å². The maximum absolute atomic E-state index is 12.3. The molecule has 2 heterocycles. The van der Waals surface area contributed by atoms with E-state index < -0.39 is 21.5 Å². The smallest absolute Gasteiger partial charge is 0.408 e. The predicted molar refractivity (Wildman–Crippen MR) is 137 cm³/mol. The highest BCUT2D eigenvalue weighted by Gasteiger charge is 2.46. The molecule has 2 aromatic heterocycles. The molecule has 36 heavy (non-hydrogen) atoms. The number of benzene rings is 2. The number of rotatable bonds is 5. The van der Waals surface area contributed by atoms with Crippen LogP contribution in [-0.4, -0.2) is 41.0 Å². The lowest BCUT2D eigenvalue weighted by atomic mass is 10.0. The SMILES string of the molecule is CC(C)(C)OC(=O)NC1(c2ccc(-c3cnc4c(-c5cccc(S(C)(=O)=O)c5)cnn4c3)cc2)CC1. The molecule has 1 fully saturated rings. The summed E-state index contributed by atoms with van der Waals surface area (Å²) in [6.07, 6.45) is 7.89. The van der Waals surface area contributed by atoms with Gasteiger partial charge in [0.1, 0.15) is 5.60 Å². The van der Waals surface area contributed by atoms with Gasteiger partial charge >= 0.3 is 6.09 Å². The Morgan fingerprint density at radius 1 is 1.03 bits per heavy atom. The van der Waals surface area contributed by atoms with Gasteiger partial charge in [0.15, 0.2) is 15.5 Å². The van der Waals surface area contributed by atoms with E-state index in [9.17, 15) is 13.2 Å². The van der Waals surface area contributed by atoms with Gasteiger partial charge in [-0.15, -0.1) is 0 Å². The number of hydrogen-bond donors (Lipinski definition) is 1. The van der Waals surface area contributed by atoms with Crippen molar-refractivity contribution < 1.29 is 17.9 Å². The number of ether oxygens (including phenoxy) is 1. The molecule has 0 atom stereocenters. The fraction of sp³-hybridized carbons (Fsp3) is 0.296. The van der Waals surface area contributed by atoms with Crippen LogP contribution in [0.25, 0.3) is 27.9 Å². The first-order valence-corrected chi connectivity index (χ1v) is 13.6. The van der Waals surface area contributed by atoms with Crippen LogP contribution in [0.1, 0.15) is 39.2 Å². The van der Waals surface area contributed by atoms with E-state index in [1.807, 2.05) is 57.3 Å². The maximum atomic E-state index is 12.3. The Labute approximate surface area is 210 Å². The lowest BCUT2D eigenvalue weighted by molar-refractivity contribution is 0.0495. The summed E-state index contributed by atoms with van der Waals surface area (Å²) in [7, 11) is -3.31. The molecular weight excluding hydrogens is 476 g/mol. The fourth-order valence-corrected chi connectivity index (χ4v) is 4.88. The molecule has 1 aliphatic rings. The summed E-state index contributed by atoms with van der Waals surface area (Å²) < 4.78 is 31.0. The summed E-state index contributed by atoms with van der Waals surface area (Å²) >= 11 is 0. The normalized spacial score (nSPS) is 15.0. The molecule has 4 aromatic rings. The van der Waals surface area contributed by atoms with E-state index in [1.165, 1.54) is 6.26 Å². The van der Waals surface area contributed by atoms with Gasteiger partial charge in [0.2, 0.25) is 0 Å². The Kier molecular flexibility index (Phi) is 5.63. The van der Waals surface area contributed by atoms with Gasteiger partial charge in [-0.3, -0.25) is 0 Å². The van der Waals surface area contributed by atoms with Crippen molar-refractivity contribution in [2.75, 3.05) is 6.26 Å². The zero-order valence-corrected chi connectivity index (χ0v) is 21.5. The predicted octanol–water partition coefficient (Wildman–Crippen LogP) is 4.98. The van der Waals surface area contributed by atoms with Gasteiger partial charge in [0.25, 0.3) is 0 Å². The molecule has 0 radical (unpaired) electrons. The molecule has 0 unspecified atom stereocenters. The molecular formula is C27H28N4O4S. The highest BCUT2D eigenvalue weighted by Crippen LogP contribution is 2.46. The lowest BCUT2D eigenvalue weighted by Gasteiger charge is -2.23. The summed E-state index contributed by atoms with van der Waals surface area (Å²) in [6.45, 7) is 5.54. The molecule has 1 amide bonds. The minimum Gasteiger partial charge on any atom is -0.444 e. The average Bonchev–Trinajstić information content (AvgIpc) is 3.46. The fourth-order valence-electron chi connectivity index (χ4n) is 4.21. The molecule has 1 N–H and O–H groups in total. The molecule has 186 valence electrons. The standard InChI is InChI=1S/C27H28N4O4S/c1-26(2,3)35-25(32)30-27(12-13-27)21-10-8-18(9-11-21)20-15-28-24-23(16-29-31(24)17-20)19-6-5-7-22(14-19)36(4,33)34/h5-11,14-17H,12-13H2,1-4H3,(H,30,32). The number of carbonyl (C=O) groups excluding carboxylic acids is 1. The minimum absolute atomic E-state index is 0.255. The van der Waals surface area contributed by atoms with Gasteiger partial charge in [-0.2, -0.15) is 5.10 Å². The lowest BCUT2D eigenvalue weighted by Crippen LogP contribution is -2.39. The molecule has 8 nitrogen and oxygen atoms in total. The first kappa shape index (κ1) is 24.0. The largest absolute Gasteiger partial charge is 0.444 e. The molecule has 0 saturated heterocycles. The third-order valence-corrected chi connectivity index (χ3v) is 7.30. The summed E-state index contributed by atoms with van der Waals surface area (Å²) in [4.78, 5) is 17.2. The van der Waals surface area contributed by atoms with E-state index >= 15 is 0 Å². The van der Waals surface area contributed by atoms with Gasteiger partial charge in [-0.05, 0) is 62.4 Å². The van der Waals surface area contributed by atoms with Crippen molar-refractivity contribution in [1.82, 2.24) is 19.9 Å². The highest BCUT2D eigenvalue weighted by atomic mass is 32.2. The Morgan fingerprint density at radius 2 is 1.75 bits per heavy atom. The van der Waals surface area contributed by atoms with Gasteiger partial charge in [0, 0.05) is 29.8 Å². The van der Waals surface area contributed by atoms with Gasteiger partial charge in [0.05, 0.1) is 16.6 Å².